The van der Waals surface area contributed by atoms with E-state index in [1.807, 2.05) is 23.6 Å². The molecule has 0 radical (unpaired) electrons. The van der Waals surface area contributed by atoms with Crippen molar-refractivity contribution in [3.63, 3.8) is 0 Å². The molecule has 0 spiro atoms. The molecular formula is C22H17N5O2S. The van der Waals surface area contributed by atoms with Crippen molar-refractivity contribution >= 4 is 34.7 Å². The fourth-order valence-corrected chi connectivity index (χ4v) is 3.52. The molecule has 0 unspecified atom stereocenters. The normalized spacial score (nSPS) is 10.4. The predicted octanol–water partition coefficient (Wildman–Crippen LogP) is 4.03. The van der Waals surface area contributed by atoms with Crippen LogP contribution in [-0.2, 0) is 11.2 Å². The summed E-state index contributed by atoms with van der Waals surface area (Å²) in [5.74, 6) is -0.0522. The van der Waals surface area contributed by atoms with E-state index < -0.39 is 0 Å². The number of carbonyl (C=O) groups excluding carboxylic acids is 2. The molecule has 0 aliphatic rings. The Bertz CT molecular complexity index is 1160. The van der Waals surface area contributed by atoms with Crippen molar-refractivity contribution < 1.29 is 9.59 Å². The van der Waals surface area contributed by atoms with Crippen LogP contribution in [0.25, 0.3) is 10.7 Å². The minimum atomic E-state index is -0.302. The molecule has 148 valence electrons. The lowest BCUT2D eigenvalue weighted by molar-refractivity contribution is -0.115. The van der Waals surface area contributed by atoms with Crippen LogP contribution in [-0.4, -0.2) is 26.8 Å². The van der Waals surface area contributed by atoms with Crippen molar-refractivity contribution in [1.82, 2.24) is 15.0 Å². The van der Waals surface area contributed by atoms with E-state index in [1.165, 1.54) is 11.3 Å². The zero-order chi connectivity index (χ0) is 20.8. The highest BCUT2D eigenvalue weighted by molar-refractivity contribution is 7.13. The van der Waals surface area contributed by atoms with Crippen molar-refractivity contribution in [1.29, 1.82) is 0 Å². The smallest absolute Gasteiger partial charge is 0.256 e. The predicted molar refractivity (Wildman–Crippen MR) is 116 cm³/mol. The van der Waals surface area contributed by atoms with Crippen molar-refractivity contribution in [3.8, 4) is 10.7 Å². The number of hydrogen-bond donors (Lipinski definition) is 2. The second kappa shape index (κ2) is 9.06. The third-order valence-corrected chi connectivity index (χ3v) is 5.01. The molecule has 0 saturated carbocycles. The first-order valence-corrected chi connectivity index (χ1v) is 10.0. The Morgan fingerprint density at radius 1 is 0.900 bits per heavy atom. The third kappa shape index (κ3) is 4.92. The van der Waals surface area contributed by atoms with Gasteiger partial charge in [0.2, 0.25) is 5.91 Å². The number of carbonyl (C=O) groups is 2. The SMILES string of the molecule is O=C(Cc1csc(-c2ccccn2)n1)Nc1cccc(C(=O)Nc2ccccn2)c1. The van der Waals surface area contributed by atoms with Gasteiger partial charge in [-0.2, -0.15) is 0 Å². The zero-order valence-electron chi connectivity index (χ0n) is 15.8. The second-order valence-electron chi connectivity index (χ2n) is 6.33. The first kappa shape index (κ1) is 19.4. The van der Waals surface area contributed by atoms with Gasteiger partial charge in [0, 0.05) is 29.0 Å². The number of pyridine rings is 2. The molecule has 30 heavy (non-hydrogen) atoms. The van der Waals surface area contributed by atoms with Crippen LogP contribution in [0.4, 0.5) is 11.5 Å². The van der Waals surface area contributed by atoms with Gasteiger partial charge in [0.1, 0.15) is 10.8 Å². The lowest BCUT2D eigenvalue weighted by atomic mass is 10.2. The summed E-state index contributed by atoms with van der Waals surface area (Å²) in [5.41, 5.74) is 2.40. The zero-order valence-corrected chi connectivity index (χ0v) is 16.6. The lowest BCUT2D eigenvalue weighted by Crippen LogP contribution is -2.16. The first-order valence-electron chi connectivity index (χ1n) is 9.15. The van der Waals surface area contributed by atoms with Crippen LogP contribution < -0.4 is 10.6 Å². The molecule has 2 N–H and O–H groups in total. The summed E-state index contributed by atoms with van der Waals surface area (Å²) in [6.07, 6.45) is 3.44. The number of nitrogens with one attached hydrogen (secondary N) is 2. The molecule has 4 aromatic rings. The Kier molecular flexibility index (Phi) is 5.86. The molecule has 3 aromatic heterocycles. The van der Waals surface area contributed by atoms with Gasteiger partial charge in [0.05, 0.1) is 17.8 Å². The topological polar surface area (TPSA) is 96.9 Å². The molecule has 7 nitrogen and oxygen atoms in total. The van der Waals surface area contributed by atoms with Gasteiger partial charge < -0.3 is 10.6 Å². The second-order valence-corrected chi connectivity index (χ2v) is 7.19. The molecular weight excluding hydrogens is 398 g/mol. The third-order valence-electron chi connectivity index (χ3n) is 4.09. The summed E-state index contributed by atoms with van der Waals surface area (Å²) in [4.78, 5) is 37.7. The summed E-state index contributed by atoms with van der Waals surface area (Å²) >= 11 is 1.45. The minimum Gasteiger partial charge on any atom is -0.326 e. The number of anilines is 2. The monoisotopic (exact) mass is 415 g/mol. The van der Waals surface area contributed by atoms with Crippen molar-refractivity contribution in [3.05, 3.63) is 89.7 Å². The maximum Gasteiger partial charge on any atom is 0.256 e. The number of thiazole rings is 1. The van der Waals surface area contributed by atoms with Gasteiger partial charge in [-0.1, -0.05) is 18.2 Å². The molecule has 2 amide bonds. The molecule has 1 aromatic carbocycles. The minimum absolute atomic E-state index is 0.133. The molecule has 0 saturated heterocycles. The summed E-state index contributed by atoms with van der Waals surface area (Å²) in [6, 6.07) is 17.6. The molecule has 0 aliphatic heterocycles. The molecule has 3 heterocycles. The summed E-state index contributed by atoms with van der Waals surface area (Å²) < 4.78 is 0. The van der Waals surface area contributed by atoms with E-state index in [1.54, 1.807) is 54.9 Å². The quantitative estimate of drug-likeness (QED) is 0.495. The maximum absolute atomic E-state index is 12.4. The van der Waals surface area contributed by atoms with Gasteiger partial charge >= 0.3 is 0 Å². The number of rotatable bonds is 6. The van der Waals surface area contributed by atoms with Crippen LogP contribution in [0.1, 0.15) is 16.1 Å². The van der Waals surface area contributed by atoms with Gasteiger partial charge in [0.15, 0.2) is 0 Å². The van der Waals surface area contributed by atoms with E-state index in [-0.39, 0.29) is 18.2 Å². The van der Waals surface area contributed by atoms with E-state index in [0.29, 0.717) is 22.8 Å². The summed E-state index contributed by atoms with van der Waals surface area (Å²) in [7, 11) is 0. The van der Waals surface area contributed by atoms with Crippen LogP contribution in [0.5, 0.6) is 0 Å². The van der Waals surface area contributed by atoms with Gasteiger partial charge in [0.25, 0.3) is 5.91 Å². The van der Waals surface area contributed by atoms with Crippen molar-refractivity contribution in [2.45, 2.75) is 6.42 Å². The van der Waals surface area contributed by atoms with E-state index >= 15 is 0 Å². The molecule has 0 bridgehead atoms. The van der Waals surface area contributed by atoms with Crippen LogP contribution in [0.15, 0.2) is 78.4 Å². The fourth-order valence-electron chi connectivity index (χ4n) is 2.73. The Labute approximate surface area is 176 Å². The number of benzene rings is 1. The molecule has 0 atom stereocenters. The van der Waals surface area contributed by atoms with Crippen molar-refractivity contribution in [2.24, 2.45) is 0 Å². The van der Waals surface area contributed by atoms with Gasteiger partial charge in [-0.3, -0.25) is 14.6 Å². The van der Waals surface area contributed by atoms with Crippen LogP contribution in [0.3, 0.4) is 0 Å². The van der Waals surface area contributed by atoms with Crippen LogP contribution in [0, 0.1) is 0 Å². The molecule has 0 fully saturated rings. The van der Waals surface area contributed by atoms with E-state index in [2.05, 4.69) is 25.6 Å². The standard InChI is InChI=1S/C22H17N5O2S/c28-20(13-17-14-30-22(26-17)18-8-1-3-10-23-18)25-16-7-5-6-15(12-16)21(29)27-19-9-2-4-11-24-19/h1-12,14H,13H2,(H,25,28)(H,24,27,29). The van der Waals surface area contributed by atoms with E-state index in [4.69, 9.17) is 0 Å². The Morgan fingerprint density at radius 3 is 2.50 bits per heavy atom. The molecule has 4 rings (SSSR count). The average Bonchev–Trinajstić information content (AvgIpc) is 3.23. The van der Waals surface area contributed by atoms with Crippen molar-refractivity contribution in [2.75, 3.05) is 10.6 Å². The largest absolute Gasteiger partial charge is 0.326 e. The fraction of sp³-hybridized carbons (Fsp3) is 0.0455. The van der Waals surface area contributed by atoms with Gasteiger partial charge in [-0.05, 0) is 42.5 Å². The highest BCUT2D eigenvalue weighted by Gasteiger charge is 2.12. The highest BCUT2D eigenvalue weighted by Crippen LogP contribution is 2.22. The van der Waals surface area contributed by atoms with Crippen LogP contribution in [0.2, 0.25) is 0 Å². The highest BCUT2D eigenvalue weighted by atomic mass is 32.1. The lowest BCUT2D eigenvalue weighted by Gasteiger charge is -2.07. The number of aromatic nitrogens is 3. The van der Waals surface area contributed by atoms with E-state index in [0.717, 1.165) is 10.7 Å². The van der Waals surface area contributed by atoms with Crippen LogP contribution >= 0.6 is 11.3 Å². The summed E-state index contributed by atoms with van der Waals surface area (Å²) in [6.45, 7) is 0. The molecule has 0 aliphatic carbocycles. The van der Waals surface area contributed by atoms with Gasteiger partial charge in [-0.15, -0.1) is 11.3 Å². The Balaban J connectivity index is 1.38. The Hall–Kier alpha value is -3.91. The van der Waals surface area contributed by atoms with E-state index in [9.17, 15) is 9.59 Å². The number of amides is 2. The number of nitrogens with zero attached hydrogens (tertiary/aromatic N) is 3. The first-order chi connectivity index (χ1) is 14.7. The molecule has 8 heteroatoms. The Morgan fingerprint density at radius 2 is 1.73 bits per heavy atom. The average molecular weight is 415 g/mol. The summed E-state index contributed by atoms with van der Waals surface area (Å²) in [5, 5.41) is 8.15. The maximum atomic E-state index is 12.4. The van der Waals surface area contributed by atoms with Gasteiger partial charge in [-0.25, -0.2) is 9.97 Å². The number of hydrogen-bond acceptors (Lipinski definition) is 6.